The zero-order valence-electron chi connectivity index (χ0n) is 14.3. The second-order valence-corrected chi connectivity index (χ2v) is 6.32. The summed E-state index contributed by atoms with van der Waals surface area (Å²) < 4.78 is 13.1. The first kappa shape index (κ1) is 16.3. The van der Waals surface area contributed by atoms with Crippen LogP contribution >= 0.6 is 0 Å². The van der Waals surface area contributed by atoms with E-state index in [4.69, 9.17) is 4.99 Å². The van der Waals surface area contributed by atoms with E-state index in [0.29, 0.717) is 6.54 Å². The molecule has 26 heavy (non-hydrogen) atoms. The maximum atomic E-state index is 13.1. The summed E-state index contributed by atoms with van der Waals surface area (Å²) in [5, 5.41) is 3.54. The summed E-state index contributed by atoms with van der Waals surface area (Å²) in [5.41, 5.74) is 3.33. The Morgan fingerprint density at radius 2 is 1.54 bits per heavy atom. The molecule has 1 aliphatic rings. The van der Waals surface area contributed by atoms with Gasteiger partial charge in [-0.2, -0.15) is 0 Å². The molecule has 1 atom stereocenters. The first-order chi connectivity index (χ1) is 12.8. The summed E-state index contributed by atoms with van der Waals surface area (Å²) in [5.74, 6) is 0.616. The molecule has 1 N–H and O–H groups in total. The molecule has 0 aromatic heterocycles. The van der Waals surface area contributed by atoms with E-state index in [2.05, 4.69) is 46.6 Å². The summed E-state index contributed by atoms with van der Waals surface area (Å²) in [7, 11) is 0. The highest BCUT2D eigenvalue weighted by atomic mass is 19.1. The SMILES string of the molecule is Fc1ccc(CN=C2N[C@@H](c3ccccc3)CN2c2ccccc2)cc1. The van der Waals surface area contributed by atoms with Gasteiger partial charge in [-0.1, -0.05) is 60.7 Å². The van der Waals surface area contributed by atoms with Crippen molar-refractivity contribution in [1.82, 2.24) is 5.32 Å². The van der Waals surface area contributed by atoms with Crippen LogP contribution in [0.5, 0.6) is 0 Å². The van der Waals surface area contributed by atoms with E-state index in [1.165, 1.54) is 17.7 Å². The molecular formula is C22H20FN3. The van der Waals surface area contributed by atoms with Crippen molar-refractivity contribution < 1.29 is 4.39 Å². The van der Waals surface area contributed by atoms with E-state index in [1.807, 2.05) is 24.3 Å². The van der Waals surface area contributed by atoms with E-state index in [9.17, 15) is 4.39 Å². The van der Waals surface area contributed by atoms with Crippen molar-refractivity contribution in [2.45, 2.75) is 12.6 Å². The fourth-order valence-electron chi connectivity index (χ4n) is 3.15. The molecule has 130 valence electrons. The van der Waals surface area contributed by atoms with Crippen molar-refractivity contribution in [1.29, 1.82) is 0 Å². The highest BCUT2D eigenvalue weighted by molar-refractivity contribution is 5.98. The van der Waals surface area contributed by atoms with Gasteiger partial charge in [-0.15, -0.1) is 0 Å². The number of hydrogen-bond acceptors (Lipinski definition) is 1. The predicted octanol–water partition coefficient (Wildman–Crippen LogP) is 4.53. The molecule has 1 heterocycles. The number of para-hydroxylation sites is 1. The van der Waals surface area contributed by atoms with Crippen LogP contribution in [0.25, 0.3) is 0 Å². The average Bonchev–Trinajstić information content (AvgIpc) is 3.13. The molecule has 1 saturated heterocycles. The zero-order valence-corrected chi connectivity index (χ0v) is 14.3. The van der Waals surface area contributed by atoms with Crippen LogP contribution in [0.2, 0.25) is 0 Å². The number of guanidine groups is 1. The van der Waals surface area contributed by atoms with E-state index < -0.39 is 0 Å². The van der Waals surface area contributed by atoms with Gasteiger partial charge in [0.1, 0.15) is 5.82 Å². The summed E-state index contributed by atoms with van der Waals surface area (Å²) >= 11 is 0. The lowest BCUT2D eigenvalue weighted by Crippen LogP contribution is -2.30. The molecule has 0 unspecified atom stereocenters. The molecule has 3 aromatic carbocycles. The van der Waals surface area contributed by atoms with Gasteiger partial charge in [0.15, 0.2) is 5.96 Å². The highest BCUT2D eigenvalue weighted by Crippen LogP contribution is 2.25. The Morgan fingerprint density at radius 3 is 2.23 bits per heavy atom. The number of nitrogens with one attached hydrogen (secondary N) is 1. The smallest absolute Gasteiger partial charge is 0.199 e. The van der Waals surface area contributed by atoms with Crippen molar-refractivity contribution in [3.05, 3.63) is 102 Å². The molecule has 0 aliphatic carbocycles. The normalized spacial score (nSPS) is 18.1. The minimum absolute atomic E-state index is 0.184. The number of nitrogens with zero attached hydrogens (tertiary/aromatic N) is 2. The second kappa shape index (κ2) is 7.40. The Kier molecular flexibility index (Phi) is 4.65. The quantitative estimate of drug-likeness (QED) is 0.752. The largest absolute Gasteiger partial charge is 0.347 e. The van der Waals surface area contributed by atoms with Crippen molar-refractivity contribution in [3.63, 3.8) is 0 Å². The second-order valence-electron chi connectivity index (χ2n) is 6.32. The van der Waals surface area contributed by atoms with E-state index >= 15 is 0 Å². The van der Waals surface area contributed by atoms with Crippen molar-refractivity contribution in [3.8, 4) is 0 Å². The van der Waals surface area contributed by atoms with Gasteiger partial charge in [-0.05, 0) is 35.4 Å². The minimum atomic E-state index is -0.226. The van der Waals surface area contributed by atoms with E-state index in [0.717, 1.165) is 23.8 Å². The lowest BCUT2D eigenvalue weighted by molar-refractivity contribution is 0.627. The maximum absolute atomic E-state index is 13.1. The van der Waals surface area contributed by atoms with Crippen LogP contribution in [-0.2, 0) is 6.54 Å². The number of benzene rings is 3. The summed E-state index contributed by atoms with van der Waals surface area (Å²) in [6.45, 7) is 1.32. The van der Waals surface area contributed by atoms with Gasteiger partial charge >= 0.3 is 0 Å². The molecular weight excluding hydrogens is 325 g/mol. The Bertz CT molecular complexity index is 876. The highest BCUT2D eigenvalue weighted by Gasteiger charge is 2.28. The van der Waals surface area contributed by atoms with E-state index in [1.54, 1.807) is 12.1 Å². The van der Waals surface area contributed by atoms with Crippen LogP contribution in [0.3, 0.4) is 0 Å². The van der Waals surface area contributed by atoms with Gasteiger partial charge < -0.3 is 10.2 Å². The van der Waals surface area contributed by atoms with Gasteiger partial charge in [-0.3, -0.25) is 0 Å². The average molecular weight is 345 g/mol. The Balaban J connectivity index is 1.60. The van der Waals surface area contributed by atoms with Crippen LogP contribution in [0.1, 0.15) is 17.2 Å². The Labute approximate surface area is 152 Å². The number of anilines is 1. The van der Waals surface area contributed by atoms with Crippen LogP contribution in [0.4, 0.5) is 10.1 Å². The topological polar surface area (TPSA) is 27.6 Å². The number of halogens is 1. The molecule has 0 bridgehead atoms. The van der Waals surface area contributed by atoms with Crippen molar-refractivity contribution in [2.24, 2.45) is 4.99 Å². The van der Waals surface area contributed by atoms with Crippen LogP contribution in [0, 0.1) is 5.82 Å². The molecule has 3 nitrogen and oxygen atoms in total. The van der Waals surface area contributed by atoms with Gasteiger partial charge in [0.2, 0.25) is 0 Å². The monoisotopic (exact) mass is 345 g/mol. The molecule has 0 amide bonds. The van der Waals surface area contributed by atoms with E-state index in [-0.39, 0.29) is 11.9 Å². The molecule has 1 aliphatic heterocycles. The third-order valence-corrected chi connectivity index (χ3v) is 4.52. The van der Waals surface area contributed by atoms with Gasteiger partial charge in [0.25, 0.3) is 0 Å². The third kappa shape index (κ3) is 3.59. The maximum Gasteiger partial charge on any atom is 0.199 e. The summed E-state index contributed by atoms with van der Waals surface area (Å²) in [4.78, 5) is 6.96. The van der Waals surface area contributed by atoms with Crippen molar-refractivity contribution in [2.75, 3.05) is 11.4 Å². The van der Waals surface area contributed by atoms with Gasteiger partial charge in [0, 0.05) is 5.69 Å². The number of rotatable bonds is 4. The molecule has 0 saturated carbocycles. The van der Waals surface area contributed by atoms with Crippen LogP contribution in [0.15, 0.2) is 89.9 Å². The fraction of sp³-hybridized carbons (Fsp3) is 0.136. The first-order valence-electron chi connectivity index (χ1n) is 8.72. The molecule has 0 spiro atoms. The molecule has 3 aromatic rings. The van der Waals surface area contributed by atoms with Crippen LogP contribution < -0.4 is 10.2 Å². The molecule has 1 fully saturated rings. The number of hydrogen-bond donors (Lipinski definition) is 1. The predicted molar refractivity (Wildman–Crippen MR) is 104 cm³/mol. The lowest BCUT2D eigenvalue weighted by Gasteiger charge is -2.17. The van der Waals surface area contributed by atoms with Gasteiger partial charge in [0.05, 0.1) is 19.1 Å². The standard InChI is InChI=1S/C22H20FN3/c23-19-13-11-17(12-14-19)15-24-22-25-21(18-7-3-1-4-8-18)16-26(22)20-9-5-2-6-10-20/h1-14,21H,15-16H2,(H,24,25)/t21-/m1/s1. The summed E-state index contributed by atoms with van der Waals surface area (Å²) in [6.07, 6.45) is 0. The summed E-state index contributed by atoms with van der Waals surface area (Å²) in [6, 6.07) is 27.3. The Hall–Kier alpha value is -3.14. The van der Waals surface area contributed by atoms with Crippen LogP contribution in [-0.4, -0.2) is 12.5 Å². The third-order valence-electron chi connectivity index (χ3n) is 4.52. The fourth-order valence-corrected chi connectivity index (χ4v) is 3.15. The molecule has 0 radical (unpaired) electrons. The van der Waals surface area contributed by atoms with Gasteiger partial charge in [-0.25, -0.2) is 9.38 Å². The molecule has 4 rings (SSSR count). The zero-order chi connectivity index (χ0) is 17.8. The first-order valence-corrected chi connectivity index (χ1v) is 8.72. The Morgan fingerprint density at radius 1 is 0.885 bits per heavy atom. The minimum Gasteiger partial charge on any atom is -0.347 e. The molecule has 4 heteroatoms. The van der Waals surface area contributed by atoms with Crippen molar-refractivity contribution >= 4 is 11.6 Å². The number of aliphatic imine (C=N–C) groups is 1. The lowest BCUT2D eigenvalue weighted by atomic mass is 10.1.